The van der Waals surface area contributed by atoms with Crippen LogP contribution in [0.1, 0.15) is 35.3 Å². The highest BCUT2D eigenvalue weighted by Crippen LogP contribution is 2.30. The van der Waals surface area contributed by atoms with Gasteiger partial charge in [-0.1, -0.05) is 18.2 Å². The minimum atomic E-state index is -0.991. The number of rotatable bonds is 11. The number of nitriles is 1. The quantitative estimate of drug-likeness (QED) is 0.279. The van der Waals surface area contributed by atoms with Crippen LogP contribution >= 0.6 is 0 Å². The van der Waals surface area contributed by atoms with Crippen molar-refractivity contribution in [1.29, 1.82) is 5.26 Å². The van der Waals surface area contributed by atoms with Crippen molar-refractivity contribution in [2.24, 2.45) is 0 Å². The molecule has 1 amide bonds. The molecule has 3 rings (SSSR count). The zero-order valence-electron chi connectivity index (χ0n) is 20.0. The SMILES string of the molecule is CCOc1ccc(NC(=O)/C(C#N)=C\c2ccc(OCc3ccc(C(=O)O)cc3)c(OCC)c2)cc1. The molecule has 8 nitrogen and oxygen atoms in total. The van der Waals surface area contributed by atoms with Gasteiger partial charge in [-0.15, -0.1) is 0 Å². The molecule has 8 heteroatoms. The van der Waals surface area contributed by atoms with E-state index in [1.807, 2.05) is 19.9 Å². The maximum Gasteiger partial charge on any atom is 0.335 e. The molecule has 0 spiro atoms. The van der Waals surface area contributed by atoms with Crippen molar-refractivity contribution in [2.75, 3.05) is 18.5 Å². The Morgan fingerprint density at radius 1 is 0.917 bits per heavy atom. The Balaban J connectivity index is 1.73. The predicted octanol–water partition coefficient (Wildman–Crippen LogP) is 5.31. The molecule has 0 unspecified atom stereocenters. The van der Waals surface area contributed by atoms with Crippen LogP contribution < -0.4 is 19.5 Å². The molecule has 3 aromatic carbocycles. The van der Waals surface area contributed by atoms with E-state index in [2.05, 4.69) is 5.32 Å². The average Bonchev–Trinajstić information content (AvgIpc) is 2.88. The van der Waals surface area contributed by atoms with Crippen molar-refractivity contribution < 1.29 is 28.9 Å². The fourth-order valence-corrected chi connectivity index (χ4v) is 3.22. The number of hydrogen-bond acceptors (Lipinski definition) is 6. The minimum absolute atomic E-state index is 0.0708. The Labute approximate surface area is 209 Å². The van der Waals surface area contributed by atoms with Gasteiger partial charge in [-0.2, -0.15) is 5.26 Å². The molecule has 0 aliphatic rings. The number of carboxylic acid groups (broad SMARTS) is 1. The first-order valence-electron chi connectivity index (χ1n) is 11.3. The molecule has 0 saturated carbocycles. The number of nitrogens with one attached hydrogen (secondary N) is 1. The van der Waals surface area contributed by atoms with Gasteiger partial charge in [-0.3, -0.25) is 4.79 Å². The lowest BCUT2D eigenvalue weighted by Crippen LogP contribution is -2.13. The molecule has 3 aromatic rings. The number of carbonyl (C=O) groups is 2. The van der Waals surface area contributed by atoms with Crippen molar-refractivity contribution >= 4 is 23.6 Å². The lowest BCUT2D eigenvalue weighted by atomic mass is 10.1. The summed E-state index contributed by atoms with van der Waals surface area (Å²) in [7, 11) is 0. The molecule has 0 fully saturated rings. The molecule has 0 heterocycles. The van der Waals surface area contributed by atoms with E-state index in [9.17, 15) is 14.9 Å². The van der Waals surface area contributed by atoms with Crippen LogP contribution in [0.4, 0.5) is 5.69 Å². The van der Waals surface area contributed by atoms with Crippen LogP contribution in [0.15, 0.2) is 72.3 Å². The van der Waals surface area contributed by atoms with Crippen molar-refractivity contribution in [2.45, 2.75) is 20.5 Å². The lowest BCUT2D eigenvalue weighted by Gasteiger charge is -2.13. The zero-order chi connectivity index (χ0) is 25.9. The van der Waals surface area contributed by atoms with Crippen LogP contribution in [0.25, 0.3) is 6.08 Å². The Kier molecular flexibility index (Phi) is 9.06. The highest BCUT2D eigenvalue weighted by molar-refractivity contribution is 6.09. The summed E-state index contributed by atoms with van der Waals surface area (Å²) < 4.78 is 16.9. The molecule has 0 saturated heterocycles. The number of aromatic carboxylic acids is 1. The monoisotopic (exact) mass is 486 g/mol. The molecular formula is C28H26N2O6. The fraction of sp³-hybridized carbons (Fsp3) is 0.179. The standard InChI is InChI=1S/C28H26N2O6/c1-3-34-24-12-10-23(11-13-24)30-27(31)22(17-29)15-20-7-14-25(26(16-20)35-4-2)36-18-19-5-8-21(9-6-19)28(32)33/h5-16H,3-4,18H2,1-2H3,(H,30,31)(H,32,33)/b22-15-. The van der Waals surface area contributed by atoms with E-state index >= 15 is 0 Å². The maximum atomic E-state index is 12.6. The summed E-state index contributed by atoms with van der Waals surface area (Å²) in [4.78, 5) is 23.6. The van der Waals surface area contributed by atoms with Crippen molar-refractivity contribution in [3.05, 3.63) is 89.0 Å². The Morgan fingerprint density at radius 3 is 2.22 bits per heavy atom. The lowest BCUT2D eigenvalue weighted by molar-refractivity contribution is -0.112. The van der Waals surface area contributed by atoms with Crippen LogP contribution in [0.5, 0.6) is 17.2 Å². The fourth-order valence-electron chi connectivity index (χ4n) is 3.22. The number of ether oxygens (including phenoxy) is 3. The van der Waals surface area contributed by atoms with Crippen LogP contribution in [-0.2, 0) is 11.4 Å². The van der Waals surface area contributed by atoms with E-state index in [1.54, 1.807) is 54.6 Å². The summed E-state index contributed by atoms with van der Waals surface area (Å²) >= 11 is 0. The maximum absolute atomic E-state index is 12.6. The number of benzene rings is 3. The van der Waals surface area contributed by atoms with Gasteiger partial charge in [0.1, 0.15) is 24.0 Å². The number of carboxylic acids is 1. The summed E-state index contributed by atoms with van der Waals surface area (Å²) in [5.41, 5.74) is 2.06. The van der Waals surface area contributed by atoms with Crippen LogP contribution in [0.2, 0.25) is 0 Å². The van der Waals surface area contributed by atoms with Gasteiger partial charge in [0.05, 0.1) is 18.8 Å². The molecule has 0 aliphatic heterocycles. The zero-order valence-corrected chi connectivity index (χ0v) is 20.0. The highest BCUT2D eigenvalue weighted by Gasteiger charge is 2.12. The normalized spacial score (nSPS) is 10.8. The number of hydrogen-bond donors (Lipinski definition) is 2. The Morgan fingerprint density at radius 2 is 1.61 bits per heavy atom. The highest BCUT2D eigenvalue weighted by atomic mass is 16.5. The minimum Gasteiger partial charge on any atom is -0.494 e. The summed E-state index contributed by atoms with van der Waals surface area (Å²) in [6.07, 6.45) is 1.47. The van der Waals surface area contributed by atoms with Gasteiger partial charge >= 0.3 is 5.97 Å². The van der Waals surface area contributed by atoms with Crippen molar-refractivity contribution in [3.63, 3.8) is 0 Å². The number of carbonyl (C=O) groups excluding carboxylic acids is 1. The van der Waals surface area contributed by atoms with E-state index in [0.29, 0.717) is 41.7 Å². The van der Waals surface area contributed by atoms with Crippen LogP contribution in [0, 0.1) is 11.3 Å². The van der Waals surface area contributed by atoms with Crippen molar-refractivity contribution in [1.82, 2.24) is 0 Å². The van der Waals surface area contributed by atoms with Gasteiger partial charge in [-0.05, 0) is 79.6 Å². The van der Waals surface area contributed by atoms with Gasteiger partial charge in [-0.25, -0.2) is 4.79 Å². The molecule has 0 radical (unpaired) electrons. The van der Waals surface area contributed by atoms with Crippen LogP contribution in [-0.4, -0.2) is 30.2 Å². The molecule has 0 aromatic heterocycles. The molecule has 0 bridgehead atoms. The number of nitrogens with zero attached hydrogens (tertiary/aromatic N) is 1. The third kappa shape index (κ3) is 7.11. The van der Waals surface area contributed by atoms with E-state index in [-0.39, 0.29) is 17.7 Å². The van der Waals surface area contributed by atoms with E-state index in [0.717, 1.165) is 5.56 Å². The Hall–Kier alpha value is -4.77. The molecule has 0 atom stereocenters. The molecule has 184 valence electrons. The van der Waals surface area contributed by atoms with Gasteiger partial charge in [0.25, 0.3) is 5.91 Å². The second-order valence-corrected chi connectivity index (χ2v) is 7.51. The molecule has 36 heavy (non-hydrogen) atoms. The predicted molar refractivity (Wildman–Crippen MR) is 135 cm³/mol. The average molecular weight is 487 g/mol. The van der Waals surface area contributed by atoms with E-state index in [1.165, 1.54) is 18.2 Å². The number of anilines is 1. The van der Waals surface area contributed by atoms with Crippen molar-refractivity contribution in [3.8, 4) is 23.3 Å². The molecule has 2 N–H and O–H groups in total. The molecular weight excluding hydrogens is 460 g/mol. The summed E-state index contributed by atoms with van der Waals surface area (Å²) in [5.74, 6) is 0.0975. The van der Waals surface area contributed by atoms with E-state index < -0.39 is 11.9 Å². The Bertz CT molecular complexity index is 1270. The second kappa shape index (κ2) is 12.6. The van der Waals surface area contributed by atoms with Gasteiger partial charge < -0.3 is 24.6 Å². The summed E-state index contributed by atoms with van der Waals surface area (Å²) in [5, 5.41) is 21.3. The topological polar surface area (TPSA) is 118 Å². The summed E-state index contributed by atoms with van der Waals surface area (Å²) in [6, 6.07) is 20.3. The third-order valence-electron chi connectivity index (χ3n) is 4.96. The van der Waals surface area contributed by atoms with E-state index in [4.69, 9.17) is 19.3 Å². The first-order chi connectivity index (χ1) is 17.4. The third-order valence-corrected chi connectivity index (χ3v) is 4.96. The largest absolute Gasteiger partial charge is 0.494 e. The second-order valence-electron chi connectivity index (χ2n) is 7.51. The van der Waals surface area contributed by atoms with Crippen LogP contribution in [0.3, 0.4) is 0 Å². The summed E-state index contributed by atoms with van der Waals surface area (Å²) in [6.45, 7) is 4.86. The van der Waals surface area contributed by atoms with Gasteiger partial charge in [0, 0.05) is 5.69 Å². The first kappa shape index (κ1) is 25.8. The molecule has 0 aliphatic carbocycles. The van der Waals surface area contributed by atoms with Gasteiger partial charge in [0.2, 0.25) is 0 Å². The number of amides is 1. The first-order valence-corrected chi connectivity index (χ1v) is 11.3. The van der Waals surface area contributed by atoms with Gasteiger partial charge in [0.15, 0.2) is 11.5 Å². The smallest absolute Gasteiger partial charge is 0.335 e.